The summed E-state index contributed by atoms with van der Waals surface area (Å²) in [5.74, 6) is 0.753. The van der Waals surface area contributed by atoms with Crippen molar-refractivity contribution in [2.45, 2.75) is 63.1 Å². The van der Waals surface area contributed by atoms with Crippen molar-refractivity contribution in [3.63, 3.8) is 0 Å². The Morgan fingerprint density at radius 3 is 2.60 bits per heavy atom. The molecule has 4 aliphatic rings. The third kappa shape index (κ3) is 2.00. The number of carbonyl (C=O) groups is 1. The van der Waals surface area contributed by atoms with Crippen LogP contribution in [0.4, 0.5) is 0 Å². The molecule has 112 valence electrons. The summed E-state index contributed by atoms with van der Waals surface area (Å²) in [5, 5.41) is 11.5. The number of aliphatic carboxylic acids is 1. The molecule has 0 aromatic carbocycles. The Labute approximate surface area is 121 Å². The number of hydrogen-bond acceptors (Lipinski definition) is 2. The minimum Gasteiger partial charge on any atom is -0.544 e. The molecule has 0 amide bonds. The maximum atomic E-state index is 11.5. The van der Waals surface area contributed by atoms with E-state index in [9.17, 15) is 9.90 Å². The van der Waals surface area contributed by atoms with Crippen molar-refractivity contribution in [2.24, 2.45) is 11.8 Å². The van der Waals surface area contributed by atoms with Crippen molar-refractivity contribution < 1.29 is 19.7 Å². The fourth-order valence-electron chi connectivity index (χ4n) is 6.01. The van der Waals surface area contributed by atoms with Crippen molar-refractivity contribution in [3.8, 4) is 0 Å². The molecule has 20 heavy (non-hydrogen) atoms. The molecule has 4 fully saturated rings. The number of fused-ring (bicyclic) bond motifs is 6. The number of hydrogen-bond donors (Lipinski definition) is 2. The number of quaternary nitrogens is 2. The summed E-state index contributed by atoms with van der Waals surface area (Å²) in [5.41, 5.74) is 0. The molecule has 4 nitrogen and oxygen atoms in total. The summed E-state index contributed by atoms with van der Waals surface area (Å²) in [6.45, 7) is 3.78. The molecule has 2 unspecified atom stereocenters. The SMILES string of the molecule is O=C([O-])[C@H]1CCC[C@@H]2[C@@H]3C[C@H](C[NH+]12)[C@H]1CCCC[NH+]1C3. The summed E-state index contributed by atoms with van der Waals surface area (Å²) in [6.07, 6.45) is 8.71. The van der Waals surface area contributed by atoms with Gasteiger partial charge in [0.05, 0.1) is 49.5 Å². The van der Waals surface area contributed by atoms with Crippen LogP contribution < -0.4 is 14.9 Å². The van der Waals surface area contributed by atoms with E-state index in [-0.39, 0.29) is 6.04 Å². The molecule has 4 rings (SSSR count). The van der Waals surface area contributed by atoms with Gasteiger partial charge < -0.3 is 19.7 Å². The van der Waals surface area contributed by atoms with Gasteiger partial charge in [-0.25, -0.2) is 0 Å². The van der Waals surface area contributed by atoms with Crippen LogP contribution in [0.3, 0.4) is 0 Å². The van der Waals surface area contributed by atoms with Crippen molar-refractivity contribution in [3.05, 3.63) is 0 Å². The Bertz CT molecular complexity index is 400. The van der Waals surface area contributed by atoms with Gasteiger partial charge in [0.15, 0.2) is 0 Å². The van der Waals surface area contributed by atoms with Crippen LogP contribution in [0.25, 0.3) is 0 Å². The number of rotatable bonds is 1. The van der Waals surface area contributed by atoms with Gasteiger partial charge in [-0.2, -0.15) is 0 Å². The van der Waals surface area contributed by atoms with Gasteiger partial charge in [0.2, 0.25) is 0 Å². The molecule has 2 N–H and O–H groups in total. The van der Waals surface area contributed by atoms with E-state index in [0.717, 1.165) is 37.3 Å². The summed E-state index contributed by atoms with van der Waals surface area (Å²) < 4.78 is 0. The molecular formula is C16H27N2O2+. The van der Waals surface area contributed by atoms with Gasteiger partial charge in [-0.15, -0.1) is 0 Å². The number of nitrogens with one attached hydrogen (secondary N) is 2. The molecular weight excluding hydrogens is 252 g/mol. The standard InChI is InChI=1S/C16H26N2O2/c19-16(20)15-6-3-5-14-11-8-12(10-18(14)15)13-4-1-2-7-17(13)9-11/h11-15H,1-10H2,(H,19,20)/p+1/t11-,12-,13-,14-,15-/m1/s1. The Kier molecular flexibility index (Phi) is 3.26. The zero-order chi connectivity index (χ0) is 13.7. The average molecular weight is 279 g/mol. The normalized spacial score (nSPS) is 50.9. The zero-order valence-electron chi connectivity index (χ0n) is 12.3. The molecule has 0 radical (unpaired) electrons. The van der Waals surface area contributed by atoms with E-state index >= 15 is 0 Å². The van der Waals surface area contributed by atoms with Crippen molar-refractivity contribution >= 4 is 5.97 Å². The van der Waals surface area contributed by atoms with Gasteiger partial charge in [-0.1, -0.05) is 0 Å². The largest absolute Gasteiger partial charge is 0.544 e. The fourth-order valence-corrected chi connectivity index (χ4v) is 6.01. The maximum Gasteiger partial charge on any atom is 0.128 e. The van der Waals surface area contributed by atoms with E-state index in [1.165, 1.54) is 50.1 Å². The Morgan fingerprint density at radius 1 is 0.950 bits per heavy atom. The predicted octanol–water partition coefficient (Wildman–Crippen LogP) is -2.37. The van der Waals surface area contributed by atoms with Gasteiger partial charge in [-0.05, 0) is 25.7 Å². The van der Waals surface area contributed by atoms with Crippen LogP contribution in [0.1, 0.15) is 44.9 Å². The quantitative estimate of drug-likeness (QED) is 0.564. The van der Waals surface area contributed by atoms with E-state index < -0.39 is 5.97 Å². The van der Waals surface area contributed by atoms with Crippen LogP contribution in [-0.2, 0) is 4.79 Å². The highest BCUT2D eigenvalue weighted by atomic mass is 16.4. The topological polar surface area (TPSA) is 49.0 Å². The van der Waals surface area contributed by atoms with Crippen LogP contribution in [0.2, 0.25) is 0 Å². The number of carboxylic acid groups (broad SMARTS) is 1. The lowest BCUT2D eigenvalue weighted by molar-refractivity contribution is -1.00. The molecule has 2 bridgehead atoms. The van der Waals surface area contributed by atoms with E-state index in [2.05, 4.69) is 0 Å². The molecule has 0 spiro atoms. The van der Waals surface area contributed by atoms with E-state index in [1.54, 1.807) is 0 Å². The first-order valence-electron chi connectivity index (χ1n) is 8.65. The van der Waals surface area contributed by atoms with Gasteiger partial charge in [0, 0.05) is 19.3 Å². The van der Waals surface area contributed by atoms with Crippen molar-refractivity contribution in [1.29, 1.82) is 0 Å². The summed E-state index contributed by atoms with van der Waals surface area (Å²) >= 11 is 0. The van der Waals surface area contributed by atoms with E-state index in [0.29, 0.717) is 6.04 Å². The number of carboxylic acids is 1. The third-order valence-electron chi connectivity index (χ3n) is 6.77. The highest BCUT2D eigenvalue weighted by Crippen LogP contribution is 2.30. The minimum absolute atomic E-state index is 0.218. The maximum absolute atomic E-state index is 11.5. The first-order chi connectivity index (χ1) is 9.74. The Hall–Kier alpha value is -0.610. The Balaban J connectivity index is 1.58. The molecule has 4 heterocycles. The molecule has 7 atom stereocenters. The Morgan fingerprint density at radius 2 is 1.75 bits per heavy atom. The average Bonchev–Trinajstić information content (AvgIpc) is 2.47. The first kappa shape index (κ1) is 13.1. The van der Waals surface area contributed by atoms with Crippen LogP contribution in [0.15, 0.2) is 0 Å². The third-order valence-corrected chi connectivity index (χ3v) is 6.77. The minimum atomic E-state index is -0.794. The van der Waals surface area contributed by atoms with E-state index in [1.807, 2.05) is 4.90 Å². The molecule has 0 saturated carbocycles. The molecule has 0 aromatic rings. The van der Waals surface area contributed by atoms with Crippen molar-refractivity contribution in [2.75, 3.05) is 19.6 Å². The lowest BCUT2D eigenvalue weighted by Gasteiger charge is -2.54. The molecule has 4 heteroatoms. The lowest BCUT2D eigenvalue weighted by Crippen LogP contribution is -3.28. The molecule has 4 saturated heterocycles. The highest BCUT2D eigenvalue weighted by Gasteiger charge is 2.53. The second-order valence-electron chi connectivity index (χ2n) is 7.66. The summed E-state index contributed by atoms with van der Waals surface area (Å²) in [7, 11) is 0. The fraction of sp³-hybridized carbons (Fsp3) is 0.938. The second-order valence-corrected chi connectivity index (χ2v) is 7.66. The van der Waals surface area contributed by atoms with Crippen LogP contribution >= 0.6 is 0 Å². The van der Waals surface area contributed by atoms with Crippen molar-refractivity contribution in [1.82, 2.24) is 0 Å². The van der Waals surface area contributed by atoms with Gasteiger partial charge >= 0.3 is 0 Å². The predicted molar refractivity (Wildman–Crippen MR) is 72.2 cm³/mol. The molecule has 0 aromatic heterocycles. The van der Waals surface area contributed by atoms with Crippen LogP contribution in [0.5, 0.6) is 0 Å². The lowest BCUT2D eigenvalue weighted by atomic mass is 9.70. The van der Waals surface area contributed by atoms with Crippen LogP contribution in [-0.4, -0.2) is 43.7 Å². The smallest absolute Gasteiger partial charge is 0.128 e. The summed E-state index contributed by atoms with van der Waals surface area (Å²) in [6, 6.07) is 1.22. The van der Waals surface area contributed by atoms with Gasteiger partial charge in [-0.3, -0.25) is 0 Å². The van der Waals surface area contributed by atoms with E-state index in [4.69, 9.17) is 0 Å². The second kappa shape index (κ2) is 4.99. The number of piperidine rings is 4. The molecule has 4 aliphatic heterocycles. The van der Waals surface area contributed by atoms with Crippen LogP contribution in [0, 0.1) is 11.8 Å². The summed E-state index contributed by atoms with van der Waals surface area (Å²) in [4.78, 5) is 14.7. The highest BCUT2D eigenvalue weighted by molar-refractivity contribution is 5.69. The molecule has 0 aliphatic carbocycles. The monoisotopic (exact) mass is 279 g/mol. The number of carbonyl (C=O) groups excluding carboxylic acids is 1. The zero-order valence-corrected chi connectivity index (χ0v) is 12.3. The first-order valence-corrected chi connectivity index (χ1v) is 8.65. The van der Waals surface area contributed by atoms with Gasteiger partial charge in [0.25, 0.3) is 0 Å². The van der Waals surface area contributed by atoms with Gasteiger partial charge in [0.1, 0.15) is 6.04 Å².